The summed E-state index contributed by atoms with van der Waals surface area (Å²) in [4.78, 5) is 0. The van der Waals surface area contributed by atoms with Gasteiger partial charge in [-0.25, -0.2) is 0 Å². The fraction of sp³-hybridized carbons (Fsp3) is 0.167. The molecule has 3 aromatic rings. The largest absolute Gasteiger partial charge is 0.497 e. The van der Waals surface area contributed by atoms with Gasteiger partial charge in [-0.15, -0.1) is 0 Å². The van der Waals surface area contributed by atoms with Gasteiger partial charge in [-0.05, 0) is 47.1 Å². The molecule has 0 aliphatic carbocycles. The highest BCUT2D eigenvalue weighted by atomic mass is 16.5. The first-order chi connectivity index (χ1) is 11.2. The molecule has 1 aromatic heterocycles. The van der Waals surface area contributed by atoms with E-state index in [-0.39, 0.29) is 5.88 Å². The van der Waals surface area contributed by atoms with Gasteiger partial charge < -0.3 is 19.1 Å². The van der Waals surface area contributed by atoms with Gasteiger partial charge in [0.2, 0.25) is 0 Å². The van der Waals surface area contributed by atoms with Crippen LogP contribution in [0.5, 0.6) is 17.4 Å². The van der Waals surface area contributed by atoms with Crippen LogP contribution in [0.4, 0.5) is 0 Å². The van der Waals surface area contributed by atoms with Gasteiger partial charge in [0.15, 0.2) is 5.76 Å². The van der Waals surface area contributed by atoms with Crippen molar-refractivity contribution < 1.29 is 19.1 Å². The summed E-state index contributed by atoms with van der Waals surface area (Å²) >= 11 is 0. The molecule has 0 radical (unpaired) electrons. The molecule has 5 nitrogen and oxygen atoms in total. The van der Waals surface area contributed by atoms with Crippen molar-refractivity contribution in [3.05, 3.63) is 60.2 Å². The summed E-state index contributed by atoms with van der Waals surface area (Å²) in [6.45, 7) is 0.579. The Hall–Kier alpha value is -2.95. The van der Waals surface area contributed by atoms with Crippen LogP contribution in [-0.2, 0) is 6.42 Å². The van der Waals surface area contributed by atoms with E-state index in [4.69, 9.17) is 14.0 Å². The minimum atomic E-state index is -0.126. The molecule has 0 spiro atoms. The standard InChI is InChI=1S/C18H17NO4/c1-21-16-4-2-3-13(11-16)9-10-22-15-7-5-14(6-8-15)17-12-18(20)19-23-17/h2-8,11-12H,9-10H2,1H3,(H,19,20). The van der Waals surface area contributed by atoms with E-state index in [1.807, 2.05) is 48.5 Å². The second-order valence-electron chi connectivity index (χ2n) is 5.02. The average Bonchev–Trinajstić information content (AvgIpc) is 3.02. The van der Waals surface area contributed by atoms with Crippen molar-refractivity contribution in [2.24, 2.45) is 0 Å². The third-order valence-electron chi connectivity index (χ3n) is 3.43. The fourth-order valence-corrected chi connectivity index (χ4v) is 2.23. The molecule has 5 heteroatoms. The molecule has 0 aliphatic rings. The predicted molar refractivity (Wildman–Crippen MR) is 85.8 cm³/mol. The van der Waals surface area contributed by atoms with Crippen LogP contribution in [0, 0.1) is 0 Å². The first-order valence-electron chi connectivity index (χ1n) is 7.26. The van der Waals surface area contributed by atoms with Gasteiger partial charge in [-0.2, -0.15) is 0 Å². The van der Waals surface area contributed by atoms with Crippen LogP contribution < -0.4 is 9.47 Å². The molecular weight excluding hydrogens is 294 g/mol. The van der Waals surface area contributed by atoms with Crippen LogP contribution in [0.1, 0.15) is 5.56 Å². The summed E-state index contributed by atoms with van der Waals surface area (Å²) in [7, 11) is 1.66. The van der Waals surface area contributed by atoms with E-state index in [2.05, 4.69) is 5.16 Å². The molecule has 1 N–H and O–H groups in total. The van der Waals surface area contributed by atoms with Crippen molar-refractivity contribution in [1.29, 1.82) is 0 Å². The lowest BCUT2D eigenvalue weighted by Crippen LogP contribution is -2.01. The van der Waals surface area contributed by atoms with Crippen molar-refractivity contribution in [3.63, 3.8) is 0 Å². The van der Waals surface area contributed by atoms with E-state index >= 15 is 0 Å². The summed E-state index contributed by atoms with van der Waals surface area (Å²) in [5.74, 6) is 2.02. The predicted octanol–water partition coefficient (Wildman–Crippen LogP) is 3.68. The first kappa shape index (κ1) is 15.0. The maximum atomic E-state index is 9.19. The van der Waals surface area contributed by atoms with Gasteiger partial charge in [-0.3, -0.25) is 0 Å². The minimum Gasteiger partial charge on any atom is -0.497 e. The highest BCUT2D eigenvalue weighted by Crippen LogP contribution is 2.25. The van der Waals surface area contributed by atoms with Crippen LogP contribution in [-0.4, -0.2) is 24.0 Å². The Morgan fingerprint density at radius 1 is 1.04 bits per heavy atom. The van der Waals surface area contributed by atoms with Crippen LogP contribution in [0.15, 0.2) is 59.1 Å². The molecule has 23 heavy (non-hydrogen) atoms. The van der Waals surface area contributed by atoms with E-state index in [0.717, 1.165) is 29.0 Å². The Kier molecular flexibility index (Phi) is 4.47. The maximum Gasteiger partial charge on any atom is 0.252 e. The van der Waals surface area contributed by atoms with E-state index in [9.17, 15) is 5.11 Å². The van der Waals surface area contributed by atoms with E-state index in [1.54, 1.807) is 7.11 Å². The molecule has 0 aliphatic heterocycles. The smallest absolute Gasteiger partial charge is 0.252 e. The van der Waals surface area contributed by atoms with E-state index in [1.165, 1.54) is 6.07 Å². The second kappa shape index (κ2) is 6.87. The lowest BCUT2D eigenvalue weighted by atomic mass is 10.1. The zero-order valence-electron chi connectivity index (χ0n) is 12.7. The molecule has 3 rings (SSSR count). The number of benzene rings is 2. The van der Waals surface area contributed by atoms with Crippen molar-refractivity contribution in [3.8, 4) is 28.7 Å². The maximum absolute atomic E-state index is 9.19. The highest BCUT2D eigenvalue weighted by Gasteiger charge is 2.05. The van der Waals surface area contributed by atoms with Gasteiger partial charge in [0, 0.05) is 18.1 Å². The first-order valence-corrected chi connectivity index (χ1v) is 7.26. The van der Waals surface area contributed by atoms with Crippen LogP contribution >= 0.6 is 0 Å². The topological polar surface area (TPSA) is 64.7 Å². The second-order valence-corrected chi connectivity index (χ2v) is 5.02. The molecule has 0 atom stereocenters. The summed E-state index contributed by atoms with van der Waals surface area (Å²) in [5, 5.41) is 12.6. The number of ether oxygens (including phenoxy) is 2. The van der Waals surface area contributed by atoms with Gasteiger partial charge >= 0.3 is 0 Å². The molecule has 2 aromatic carbocycles. The number of hydrogen-bond donors (Lipinski definition) is 1. The highest BCUT2D eigenvalue weighted by molar-refractivity contribution is 5.58. The lowest BCUT2D eigenvalue weighted by Gasteiger charge is -2.07. The quantitative estimate of drug-likeness (QED) is 0.752. The number of nitrogens with zero attached hydrogens (tertiary/aromatic N) is 1. The zero-order valence-corrected chi connectivity index (χ0v) is 12.7. The Labute approximate surface area is 134 Å². The molecule has 0 saturated heterocycles. The molecule has 0 fully saturated rings. The van der Waals surface area contributed by atoms with Crippen LogP contribution in [0.3, 0.4) is 0 Å². The Morgan fingerprint density at radius 3 is 2.57 bits per heavy atom. The zero-order chi connectivity index (χ0) is 16.1. The lowest BCUT2D eigenvalue weighted by molar-refractivity contribution is 0.321. The molecule has 0 saturated carbocycles. The van der Waals surface area contributed by atoms with Crippen molar-refractivity contribution in [1.82, 2.24) is 5.16 Å². The number of rotatable bonds is 6. The SMILES string of the molecule is COc1cccc(CCOc2ccc(-c3cc(O)no3)cc2)c1. The molecule has 0 amide bonds. The molecule has 1 heterocycles. The summed E-state index contributed by atoms with van der Waals surface area (Å²) < 4.78 is 15.9. The number of aromatic nitrogens is 1. The summed E-state index contributed by atoms with van der Waals surface area (Å²) in [6.07, 6.45) is 0.801. The Morgan fingerprint density at radius 2 is 1.87 bits per heavy atom. The monoisotopic (exact) mass is 311 g/mol. The van der Waals surface area contributed by atoms with Crippen molar-refractivity contribution in [2.45, 2.75) is 6.42 Å². The number of aromatic hydroxyl groups is 1. The summed E-state index contributed by atoms with van der Waals surface area (Å²) in [5.41, 5.74) is 2.00. The van der Waals surface area contributed by atoms with Gasteiger partial charge in [0.1, 0.15) is 11.5 Å². The third-order valence-corrected chi connectivity index (χ3v) is 3.43. The van der Waals surface area contributed by atoms with Gasteiger partial charge in [-0.1, -0.05) is 12.1 Å². The Balaban J connectivity index is 1.56. The third kappa shape index (κ3) is 3.83. The van der Waals surface area contributed by atoms with Crippen LogP contribution in [0.25, 0.3) is 11.3 Å². The summed E-state index contributed by atoms with van der Waals surface area (Å²) in [6, 6.07) is 16.9. The van der Waals surface area contributed by atoms with Crippen LogP contribution in [0.2, 0.25) is 0 Å². The average molecular weight is 311 g/mol. The van der Waals surface area contributed by atoms with E-state index in [0.29, 0.717) is 12.4 Å². The van der Waals surface area contributed by atoms with Crippen molar-refractivity contribution in [2.75, 3.05) is 13.7 Å². The Bertz CT molecular complexity index is 765. The van der Waals surface area contributed by atoms with E-state index < -0.39 is 0 Å². The van der Waals surface area contributed by atoms with Gasteiger partial charge in [0.05, 0.1) is 13.7 Å². The molecular formula is C18H17NO4. The fourth-order valence-electron chi connectivity index (χ4n) is 2.23. The normalized spacial score (nSPS) is 10.5. The van der Waals surface area contributed by atoms with Gasteiger partial charge in [0.25, 0.3) is 5.88 Å². The number of hydrogen-bond acceptors (Lipinski definition) is 5. The molecule has 0 unspecified atom stereocenters. The molecule has 0 bridgehead atoms. The number of methoxy groups -OCH3 is 1. The minimum absolute atomic E-state index is 0.126. The van der Waals surface area contributed by atoms with Crippen molar-refractivity contribution >= 4 is 0 Å². The molecule has 118 valence electrons.